The van der Waals surface area contributed by atoms with Crippen molar-refractivity contribution in [3.63, 3.8) is 0 Å². The maximum atomic E-state index is 13.2. The lowest BCUT2D eigenvalue weighted by Gasteiger charge is -1.91. The Morgan fingerprint density at radius 3 is 2.67 bits per heavy atom. The van der Waals surface area contributed by atoms with E-state index in [2.05, 4.69) is 9.97 Å². The first-order valence-corrected chi connectivity index (χ1v) is 4.76. The van der Waals surface area contributed by atoms with Crippen LogP contribution in [0.15, 0.2) is 12.1 Å². The molecule has 3 nitrogen and oxygen atoms in total. The summed E-state index contributed by atoms with van der Waals surface area (Å²) < 4.78 is 13.2. The molecule has 2 rings (SSSR count). The van der Waals surface area contributed by atoms with E-state index < -0.39 is 5.82 Å². The number of imidazole rings is 1. The van der Waals surface area contributed by atoms with Crippen molar-refractivity contribution in [2.45, 2.75) is 20.8 Å². The van der Waals surface area contributed by atoms with Gasteiger partial charge in [0.05, 0.1) is 17.1 Å². The molecule has 1 N–H and O–H groups in total. The minimum Gasteiger partial charge on any atom is -0.342 e. The summed E-state index contributed by atoms with van der Waals surface area (Å²) >= 11 is 0. The Morgan fingerprint density at radius 2 is 2.07 bits per heavy atom. The zero-order chi connectivity index (χ0) is 11.4. The molecule has 2 aromatic rings. The van der Waals surface area contributed by atoms with E-state index in [1.165, 1.54) is 6.07 Å². The SMILES string of the molecule is CC.Cc1nc2c(F)cc(C#N)cc2[nH]1. The normalized spacial score (nSPS) is 9.27. The number of aromatic nitrogens is 2. The van der Waals surface area contributed by atoms with Crippen molar-refractivity contribution >= 4 is 11.0 Å². The molecule has 0 fully saturated rings. The summed E-state index contributed by atoms with van der Waals surface area (Å²) in [6.07, 6.45) is 0. The first-order valence-electron chi connectivity index (χ1n) is 4.76. The summed E-state index contributed by atoms with van der Waals surface area (Å²) in [5, 5.41) is 8.58. The van der Waals surface area contributed by atoms with Crippen molar-refractivity contribution in [1.29, 1.82) is 5.26 Å². The van der Waals surface area contributed by atoms with Crippen LogP contribution in [0.3, 0.4) is 0 Å². The molecular formula is C11H12FN3. The number of fused-ring (bicyclic) bond motifs is 1. The highest BCUT2D eigenvalue weighted by Crippen LogP contribution is 2.17. The molecule has 4 heteroatoms. The topological polar surface area (TPSA) is 52.5 Å². The Hall–Kier alpha value is -1.89. The molecule has 0 aliphatic rings. The summed E-state index contributed by atoms with van der Waals surface area (Å²) in [5.41, 5.74) is 1.15. The van der Waals surface area contributed by atoms with Crippen LogP contribution in [0.2, 0.25) is 0 Å². The minimum absolute atomic E-state index is 0.288. The van der Waals surface area contributed by atoms with Crippen LogP contribution >= 0.6 is 0 Å². The summed E-state index contributed by atoms with van der Waals surface area (Å²) in [6.45, 7) is 5.74. The highest BCUT2D eigenvalue weighted by atomic mass is 19.1. The number of aromatic amines is 1. The van der Waals surface area contributed by atoms with Gasteiger partial charge < -0.3 is 4.98 Å². The Balaban J connectivity index is 0.000000531. The fraction of sp³-hybridized carbons (Fsp3) is 0.273. The molecule has 0 bridgehead atoms. The van der Waals surface area contributed by atoms with Crippen molar-refractivity contribution in [3.05, 3.63) is 29.3 Å². The van der Waals surface area contributed by atoms with Crippen LogP contribution in [0, 0.1) is 24.1 Å². The lowest BCUT2D eigenvalue weighted by atomic mass is 10.2. The van der Waals surface area contributed by atoms with Crippen LogP contribution in [0.5, 0.6) is 0 Å². The summed E-state index contributed by atoms with van der Waals surface area (Å²) in [7, 11) is 0. The van der Waals surface area contributed by atoms with Crippen LogP contribution in [-0.4, -0.2) is 9.97 Å². The number of rotatable bonds is 0. The number of nitrogens with one attached hydrogen (secondary N) is 1. The van der Waals surface area contributed by atoms with Crippen molar-refractivity contribution < 1.29 is 4.39 Å². The average Bonchev–Trinajstić information content (AvgIpc) is 2.62. The van der Waals surface area contributed by atoms with E-state index in [0.717, 1.165) is 0 Å². The molecule has 0 saturated carbocycles. The van der Waals surface area contributed by atoms with Gasteiger partial charge in [-0.1, -0.05) is 13.8 Å². The summed E-state index contributed by atoms with van der Waals surface area (Å²) in [4.78, 5) is 6.82. The average molecular weight is 205 g/mol. The Labute approximate surface area is 87.6 Å². The number of halogens is 1. The summed E-state index contributed by atoms with van der Waals surface area (Å²) in [5.74, 6) is 0.183. The second-order valence-corrected chi connectivity index (χ2v) is 2.79. The predicted molar refractivity (Wildman–Crippen MR) is 56.9 cm³/mol. The monoisotopic (exact) mass is 205 g/mol. The van der Waals surface area contributed by atoms with Crippen molar-refractivity contribution in [3.8, 4) is 6.07 Å². The van der Waals surface area contributed by atoms with Gasteiger partial charge in [0.2, 0.25) is 0 Å². The van der Waals surface area contributed by atoms with Crippen LogP contribution in [-0.2, 0) is 0 Å². The van der Waals surface area contributed by atoms with Gasteiger partial charge in [-0.15, -0.1) is 0 Å². The molecule has 0 atom stereocenters. The number of nitriles is 1. The van der Waals surface area contributed by atoms with E-state index in [9.17, 15) is 4.39 Å². The molecule has 0 saturated heterocycles. The standard InChI is InChI=1S/C9H6FN3.C2H6/c1-5-12-8-3-6(4-11)2-7(10)9(8)13-5;1-2/h2-3H,1H3,(H,12,13);1-2H3. The molecule has 15 heavy (non-hydrogen) atoms. The van der Waals surface area contributed by atoms with Gasteiger partial charge >= 0.3 is 0 Å². The number of hydrogen-bond donors (Lipinski definition) is 1. The molecule has 1 aromatic carbocycles. The first-order chi connectivity index (χ1) is 7.20. The maximum absolute atomic E-state index is 13.2. The number of hydrogen-bond acceptors (Lipinski definition) is 2. The van der Waals surface area contributed by atoms with Gasteiger partial charge in [-0.05, 0) is 19.1 Å². The zero-order valence-corrected chi connectivity index (χ0v) is 8.93. The third-order valence-electron chi connectivity index (χ3n) is 1.79. The molecule has 0 amide bonds. The quantitative estimate of drug-likeness (QED) is 0.718. The van der Waals surface area contributed by atoms with Crippen LogP contribution in [0.1, 0.15) is 25.2 Å². The van der Waals surface area contributed by atoms with Gasteiger partial charge in [0.15, 0.2) is 5.82 Å². The molecule has 0 aliphatic carbocycles. The first kappa shape index (κ1) is 11.2. The molecule has 0 spiro atoms. The minimum atomic E-state index is -0.460. The maximum Gasteiger partial charge on any atom is 0.152 e. The summed E-state index contributed by atoms with van der Waals surface area (Å²) in [6, 6.07) is 4.65. The number of benzene rings is 1. The third kappa shape index (κ3) is 2.13. The molecule has 1 heterocycles. The number of nitrogens with zero attached hydrogens (tertiary/aromatic N) is 2. The van der Waals surface area contributed by atoms with Gasteiger partial charge in [0.25, 0.3) is 0 Å². The van der Waals surface area contributed by atoms with Crippen LogP contribution in [0.4, 0.5) is 4.39 Å². The number of H-pyrrole nitrogens is 1. The van der Waals surface area contributed by atoms with Gasteiger partial charge in [-0.25, -0.2) is 9.37 Å². The highest BCUT2D eigenvalue weighted by Gasteiger charge is 2.06. The Kier molecular flexibility index (Phi) is 3.40. The van der Waals surface area contributed by atoms with Gasteiger partial charge in [0.1, 0.15) is 11.3 Å². The fourth-order valence-electron chi connectivity index (χ4n) is 1.26. The van der Waals surface area contributed by atoms with Gasteiger partial charge in [0, 0.05) is 0 Å². The molecule has 1 aromatic heterocycles. The van der Waals surface area contributed by atoms with E-state index in [0.29, 0.717) is 16.9 Å². The van der Waals surface area contributed by atoms with E-state index in [-0.39, 0.29) is 5.52 Å². The van der Waals surface area contributed by atoms with Crippen LogP contribution < -0.4 is 0 Å². The molecule has 0 unspecified atom stereocenters. The fourth-order valence-corrected chi connectivity index (χ4v) is 1.26. The second kappa shape index (κ2) is 4.56. The van der Waals surface area contributed by atoms with Crippen LogP contribution in [0.25, 0.3) is 11.0 Å². The van der Waals surface area contributed by atoms with Crippen molar-refractivity contribution in [1.82, 2.24) is 9.97 Å². The van der Waals surface area contributed by atoms with Gasteiger partial charge in [-0.3, -0.25) is 0 Å². The molecule has 0 radical (unpaired) electrons. The Morgan fingerprint density at radius 1 is 1.40 bits per heavy atom. The lowest BCUT2D eigenvalue weighted by Crippen LogP contribution is -1.81. The van der Waals surface area contributed by atoms with E-state index in [4.69, 9.17) is 5.26 Å². The van der Waals surface area contributed by atoms with E-state index in [1.807, 2.05) is 19.9 Å². The molecular weight excluding hydrogens is 193 g/mol. The third-order valence-corrected chi connectivity index (χ3v) is 1.79. The lowest BCUT2D eigenvalue weighted by molar-refractivity contribution is 0.636. The molecule has 78 valence electrons. The van der Waals surface area contributed by atoms with E-state index in [1.54, 1.807) is 13.0 Å². The zero-order valence-electron chi connectivity index (χ0n) is 8.93. The molecule has 0 aliphatic heterocycles. The van der Waals surface area contributed by atoms with Crippen molar-refractivity contribution in [2.75, 3.05) is 0 Å². The van der Waals surface area contributed by atoms with E-state index >= 15 is 0 Å². The highest BCUT2D eigenvalue weighted by molar-refractivity contribution is 5.77. The second-order valence-electron chi connectivity index (χ2n) is 2.79. The smallest absolute Gasteiger partial charge is 0.152 e. The number of aryl methyl sites for hydroxylation is 1. The van der Waals surface area contributed by atoms with Crippen molar-refractivity contribution in [2.24, 2.45) is 0 Å². The predicted octanol–water partition coefficient (Wildman–Crippen LogP) is 2.91. The Bertz CT molecular complexity index is 508. The largest absolute Gasteiger partial charge is 0.342 e. The van der Waals surface area contributed by atoms with Gasteiger partial charge in [-0.2, -0.15) is 5.26 Å².